The molecule has 2 aromatic carbocycles. The van der Waals surface area contributed by atoms with E-state index >= 15 is 0 Å². The second-order valence-corrected chi connectivity index (χ2v) is 5.07. The number of likely N-dealkylation sites (tertiary alicyclic amines) is 1. The molecule has 0 saturated carbocycles. The summed E-state index contributed by atoms with van der Waals surface area (Å²) in [5.41, 5.74) is 0.176. The van der Waals surface area contributed by atoms with Crippen LogP contribution in [0.4, 0.5) is 0 Å². The molecular formula is C14H12ClNO3. The molecule has 1 fully saturated rings. The van der Waals surface area contributed by atoms with Gasteiger partial charge >= 0.3 is 0 Å². The van der Waals surface area contributed by atoms with Gasteiger partial charge in [-0.15, -0.1) is 0 Å². The van der Waals surface area contributed by atoms with Crippen molar-refractivity contribution in [2.75, 3.05) is 13.1 Å². The molecule has 0 spiro atoms. The Hall–Kier alpha value is -1.78. The quantitative estimate of drug-likeness (QED) is 0.838. The molecule has 3 rings (SSSR count). The fourth-order valence-electron chi connectivity index (χ4n) is 2.27. The molecular weight excluding hydrogens is 266 g/mol. The number of halogens is 1. The monoisotopic (exact) mass is 277 g/mol. The zero-order valence-corrected chi connectivity index (χ0v) is 10.8. The summed E-state index contributed by atoms with van der Waals surface area (Å²) in [5.74, 6) is -0.373. The van der Waals surface area contributed by atoms with Crippen LogP contribution >= 0.6 is 11.6 Å². The molecule has 1 saturated heterocycles. The van der Waals surface area contributed by atoms with Crippen LogP contribution in [-0.2, 0) is 0 Å². The molecule has 2 aromatic rings. The molecule has 19 heavy (non-hydrogen) atoms. The fraction of sp³-hybridized carbons (Fsp3) is 0.214. The van der Waals surface area contributed by atoms with Crippen LogP contribution in [0.15, 0.2) is 30.3 Å². The van der Waals surface area contributed by atoms with Gasteiger partial charge in [0.25, 0.3) is 5.91 Å². The Morgan fingerprint density at radius 3 is 2.53 bits per heavy atom. The SMILES string of the molecule is O=C(c1cc(Cl)c2ccccc2c1O)N1CC(O)C1. The first-order valence-corrected chi connectivity index (χ1v) is 6.33. The predicted molar refractivity (Wildman–Crippen MR) is 72.5 cm³/mol. The largest absolute Gasteiger partial charge is 0.506 e. The van der Waals surface area contributed by atoms with Crippen molar-refractivity contribution in [3.05, 3.63) is 40.9 Å². The number of carbonyl (C=O) groups excluding carboxylic acids is 1. The van der Waals surface area contributed by atoms with Gasteiger partial charge in [0.1, 0.15) is 5.75 Å². The van der Waals surface area contributed by atoms with Crippen molar-refractivity contribution in [1.29, 1.82) is 0 Å². The average Bonchev–Trinajstić information content (AvgIpc) is 2.38. The number of rotatable bonds is 1. The van der Waals surface area contributed by atoms with Crippen molar-refractivity contribution >= 4 is 28.3 Å². The Morgan fingerprint density at radius 2 is 1.89 bits per heavy atom. The maximum absolute atomic E-state index is 12.2. The number of carbonyl (C=O) groups is 1. The standard InChI is InChI=1S/C14H12ClNO3/c15-12-5-11(14(19)16-6-8(17)7-16)13(18)10-4-2-1-3-9(10)12/h1-5,8,17-18H,6-7H2. The predicted octanol–water partition coefficient (Wildman–Crippen LogP) is 2.02. The molecule has 0 atom stereocenters. The highest BCUT2D eigenvalue weighted by Gasteiger charge is 2.31. The van der Waals surface area contributed by atoms with Crippen LogP contribution in [-0.4, -0.2) is 40.2 Å². The molecule has 1 amide bonds. The van der Waals surface area contributed by atoms with Gasteiger partial charge in [-0.05, 0) is 6.07 Å². The maximum atomic E-state index is 12.2. The highest BCUT2D eigenvalue weighted by molar-refractivity contribution is 6.36. The normalized spacial score (nSPS) is 15.6. The maximum Gasteiger partial charge on any atom is 0.257 e. The van der Waals surface area contributed by atoms with E-state index in [-0.39, 0.29) is 17.2 Å². The van der Waals surface area contributed by atoms with E-state index in [1.165, 1.54) is 11.0 Å². The number of aliphatic hydroxyl groups excluding tert-OH is 1. The number of phenols is 1. The molecule has 0 aliphatic carbocycles. The van der Waals surface area contributed by atoms with Crippen LogP contribution in [0, 0.1) is 0 Å². The topological polar surface area (TPSA) is 60.8 Å². The zero-order chi connectivity index (χ0) is 13.6. The first kappa shape index (κ1) is 12.3. The van der Waals surface area contributed by atoms with Crippen LogP contribution in [0.3, 0.4) is 0 Å². The van der Waals surface area contributed by atoms with Crippen molar-refractivity contribution in [3.63, 3.8) is 0 Å². The number of amides is 1. The second-order valence-electron chi connectivity index (χ2n) is 4.66. The third-order valence-corrected chi connectivity index (χ3v) is 3.66. The van der Waals surface area contributed by atoms with Crippen LogP contribution in [0.1, 0.15) is 10.4 Å². The molecule has 0 radical (unpaired) electrons. The Morgan fingerprint density at radius 1 is 1.26 bits per heavy atom. The van der Waals surface area contributed by atoms with E-state index in [4.69, 9.17) is 11.6 Å². The van der Waals surface area contributed by atoms with E-state index < -0.39 is 6.10 Å². The summed E-state index contributed by atoms with van der Waals surface area (Å²) in [6.45, 7) is 0.589. The average molecular weight is 278 g/mol. The Kier molecular flexibility index (Phi) is 2.84. The van der Waals surface area contributed by atoms with Gasteiger partial charge in [-0.25, -0.2) is 0 Å². The highest BCUT2D eigenvalue weighted by Crippen LogP contribution is 2.35. The van der Waals surface area contributed by atoms with E-state index in [0.717, 1.165) is 0 Å². The first-order valence-electron chi connectivity index (χ1n) is 5.95. The number of phenolic OH excluding ortho intramolecular Hbond substituents is 1. The van der Waals surface area contributed by atoms with Crippen molar-refractivity contribution in [2.45, 2.75) is 6.10 Å². The van der Waals surface area contributed by atoms with E-state index in [2.05, 4.69) is 0 Å². The van der Waals surface area contributed by atoms with Gasteiger partial charge in [0.2, 0.25) is 0 Å². The second kappa shape index (κ2) is 4.40. The van der Waals surface area contributed by atoms with Crippen LogP contribution in [0.5, 0.6) is 5.75 Å². The molecule has 2 N–H and O–H groups in total. The minimum absolute atomic E-state index is 0.0635. The van der Waals surface area contributed by atoms with Crippen LogP contribution in [0.2, 0.25) is 5.02 Å². The van der Waals surface area contributed by atoms with Crippen molar-refractivity contribution in [1.82, 2.24) is 4.90 Å². The van der Waals surface area contributed by atoms with Gasteiger partial charge in [-0.1, -0.05) is 35.9 Å². The Labute approximate surface area is 114 Å². The van der Waals surface area contributed by atoms with E-state index in [9.17, 15) is 15.0 Å². The van der Waals surface area contributed by atoms with Gasteiger partial charge in [0.05, 0.1) is 11.7 Å². The van der Waals surface area contributed by atoms with Gasteiger partial charge in [0, 0.05) is 28.9 Å². The third-order valence-electron chi connectivity index (χ3n) is 3.35. The number of benzene rings is 2. The fourth-order valence-corrected chi connectivity index (χ4v) is 2.54. The summed E-state index contributed by atoms with van der Waals surface area (Å²) in [7, 11) is 0. The highest BCUT2D eigenvalue weighted by atomic mass is 35.5. The molecule has 0 unspecified atom stereocenters. The Bertz CT molecular complexity index is 665. The van der Waals surface area contributed by atoms with Gasteiger partial charge in [-0.2, -0.15) is 0 Å². The first-order chi connectivity index (χ1) is 9.08. The lowest BCUT2D eigenvalue weighted by Crippen LogP contribution is -2.53. The van der Waals surface area contributed by atoms with E-state index in [0.29, 0.717) is 28.9 Å². The summed E-state index contributed by atoms with van der Waals surface area (Å²) >= 11 is 6.14. The zero-order valence-electron chi connectivity index (χ0n) is 10.0. The van der Waals surface area contributed by atoms with E-state index in [1.807, 2.05) is 6.07 Å². The number of aromatic hydroxyl groups is 1. The van der Waals surface area contributed by atoms with Crippen molar-refractivity contribution in [2.24, 2.45) is 0 Å². The molecule has 98 valence electrons. The number of nitrogens with zero attached hydrogens (tertiary/aromatic N) is 1. The lowest BCUT2D eigenvalue weighted by Gasteiger charge is -2.36. The summed E-state index contributed by atoms with van der Waals surface area (Å²) in [5, 5.41) is 21.1. The lowest BCUT2D eigenvalue weighted by atomic mass is 10.0. The van der Waals surface area contributed by atoms with Crippen LogP contribution in [0.25, 0.3) is 10.8 Å². The van der Waals surface area contributed by atoms with Crippen LogP contribution < -0.4 is 0 Å². The smallest absolute Gasteiger partial charge is 0.257 e. The summed E-state index contributed by atoms with van der Waals surface area (Å²) < 4.78 is 0. The number of hydrogen-bond acceptors (Lipinski definition) is 3. The summed E-state index contributed by atoms with van der Waals surface area (Å²) in [6, 6.07) is 8.59. The molecule has 0 aromatic heterocycles. The number of hydrogen-bond donors (Lipinski definition) is 2. The van der Waals surface area contributed by atoms with Crippen molar-refractivity contribution < 1.29 is 15.0 Å². The molecule has 0 bridgehead atoms. The summed E-state index contributed by atoms with van der Waals surface area (Å²) in [6.07, 6.45) is -0.470. The minimum Gasteiger partial charge on any atom is -0.506 e. The summed E-state index contributed by atoms with van der Waals surface area (Å²) in [4.78, 5) is 13.7. The molecule has 4 nitrogen and oxygen atoms in total. The number of β-amino-alcohol motifs (C(OH)–C–C–N with tert-alkyl or cyclic N) is 1. The number of fused-ring (bicyclic) bond motifs is 1. The van der Waals surface area contributed by atoms with E-state index in [1.54, 1.807) is 18.2 Å². The Balaban J connectivity index is 2.09. The van der Waals surface area contributed by atoms with Gasteiger partial charge < -0.3 is 15.1 Å². The molecule has 1 aliphatic rings. The minimum atomic E-state index is -0.470. The molecule has 1 heterocycles. The van der Waals surface area contributed by atoms with Gasteiger partial charge in [0.15, 0.2) is 0 Å². The lowest BCUT2D eigenvalue weighted by molar-refractivity contribution is 0.00572. The van der Waals surface area contributed by atoms with Gasteiger partial charge in [-0.3, -0.25) is 4.79 Å². The third kappa shape index (κ3) is 1.93. The molecule has 5 heteroatoms. The number of aliphatic hydroxyl groups is 1. The molecule has 1 aliphatic heterocycles. The van der Waals surface area contributed by atoms with Crippen molar-refractivity contribution in [3.8, 4) is 5.75 Å².